The molecule has 3 heterocycles. The van der Waals surface area contributed by atoms with Crippen LogP contribution < -0.4 is 5.32 Å². The second-order valence-corrected chi connectivity index (χ2v) is 7.14. The Kier molecular flexibility index (Phi) is 8.23. The standard InChI is InChI=1S/C17H32N4O2.ClH/c1-15(17(22)21-10-12-23-13-11-21)20-8-6-19(7-9-20)14-16-2-4-18-5-3-16;/h15-16,18H,2-14H2,1H3;1H. The van der Waals surface area contributed by atoms with Gasteiger partial charge in [-0.2, -0.15) is 0 Å². The van der Waals surface area contributed by atoms with Crippen LogP contribution in [0.4, 0.5) is 0 Å². The number of piperidine rings is 1. The van der Waals surface area contributed by atoms with Crippen LogP contribution in [-0.2, 0) is 9.53 Å². The molecule has 0 aromatic rings. The van der Waals surface area contributed by atoms with Crippen LogP contribution in [-0.4, -0.2) is 98.8 Å². The molecule has 0 spiro atoms. The second-order valence-electron chi connectivity index (χ2n) is 7.14. The molecule has 24 heavy (non-hydrogen) atoms. The zero-order chi connectivity index (χ0) is 16.1. The summed E-state index contributed by atoms with van der Waals surface area (Å²) in [6.07, 6.45) is 2.62. The summed E-state index contributed by atoms with van der Waals surface area (Å²) in [6, 6.07) is 0.00845. The number of rotatable bonds is 4. The van der Waals surface area contributed by atoms with Crippen molar-refractivity contribution in [1.82, 2.24) is 20.0 Å². The number of hydrogen-bond acceptors (Lipinski definition) is 5. The Bertz CT molecular complexity index is 379. The van der Waals surface area contributed by atoms with E-state index in [1.54, 1.807) is 0 Å². The van der Waals surface area contributed by atoms with E-state index < -0.39 is 0 Å². The number of piperazine rings is 1. The molecule has 3 aliphatic rings. The quantitative estimate of drug-likeness (QED) is 0.780. The molecular weight excluding hydrogens is 328 g/mol. The number of carbonyl (C=O) groups excluding carboxylic acids is 1. The van der Waals surface area contributed by atoms with Crippen molar-refractivity contribution in [2.24, 2.45) is 5.92 Å². The Labute approximate surface area is 152 Å². The zero-order valence-corrected chi connectivity index (χ0v) is 15.7. The lowest BCUT2D eigenvalue weighted by Crippen LogP contribution is -2.56. The average molecular weight is 361 g/mol. The number of halogens is 1. The average Bonchev–Trinajstić information content (AvgIpc) is 2.63. The van der Waals surface area contributed by atoms with Crippen LogP contribution in [0.25, 0.3) is 0 Å². The molecule has 0 saturated carbocycles. The van der Waals surface area contributed by atoms with Gasteiger partial charge in [0.1, 0.15) is 0 Å². The number of carbonyl (C=O) groups is 1. The van der Waals surface area contributed by atoms with E-state index in [9.17, 15) is 4.79 Å². The van der Waals surface area contributed by atoms with Crippen molar-refractivity contribution < 1.29 is 9.53 Å². The molecule has 0 bridgehead atoms. The van der Waals surface area contributed by atoms with Gasteiger partial charge in [0, 0.05) is 45.8 Å². The van der Waals surface area contributed by atoms with Crippen molar-refractivity contribution in [3.05, 3.63) is 0 Å². The van der Waals surface area contributed by atoms with Gasteiger partial charge in [-0.1, -0.05) is 0 Å². The summed E-state index contributed by atoms with van der Waals surface area (Å²) in [5.41, 5.74) is 0. The lowest BCUT2D eigenvalue weighted by Gasteiger charge is -2.40. The second kappa shape index (κ2) is 9.92. The summed E-state index contributed by atoms with van der Waals surface area (Å²) >= 11 is 0. The Balaban J connectivity index is 0.00000208. The summed E-state index contributed by atoms with van der Waals surface area (Å²) < 4.78 is 5.34. The normalized spacial score (nSPS) is 26.0. The number of amides is 1. The van der Waals surface area contributed by atoms with E-state index in [0.29, 0.717) is 13.2 Å². The van der Waals surface area contributed by atoms with Gasteiger partial charge < -0.3 is 19.9 Å². The number of morpholine rings is 1. The van der Waals surface area contributed by atoms with Crippen LogP contribution >= 0.6 is 12.4 Å². The van der Waals surface area contributed by atoms with Crippen molar-refractivity contribution in [2.75, 3.05) is 72.1 Å². The van der Waals surface area contributed by atoms with E-state index in [1.807, 2.05) is 4.90 Å². The topological polar surface area (TPSA) is 48.1 Å². The SMILES string of the molecule is CC(C(=O)N1CCOCC1)N1CCN(CC2CCNCC2)CC1.Cl. The molecule has 140 valence electrons. The summed E-state index contributed by atoms with van der Waals surface area (Å²) in [5.74, 6) is 1.13. The van der Waals surface area contributed by atoms with Crippen LogP contribution in [0.15, 0.2) is 0 Å². The summed E-state index contributed by atoms with van der Waals surface area (Å²) in [5, 5.41) is 3.44. The maximum absolute atomic E-state index is 12.6. The third-order valence-corrected chi connectivity index (χ3v) is 5.61. The molecule has 3 aliphatic heterocycles. The highest BCUT2D eigenvalue weighted by Gasteiger charge is 2.30. The maximum Gasteiger partial charge on any atom is 0.239 e. The van der Waals surface area contributed by atoms with Crippen LogP contribution in [0, 0.1) is 5.92 Å². The molecule has 6 nitrogen and oxygen atoms in total. The predicted octanol–water partition coefficient (Wildman–Crippen LogP) is 0.273. The molecule has 1 amide bonds. The molecule has 1 unspecified atom stereocenters. The van der Waals surface area contributed by atoms with E-state index in [-0.39, 0.29) is 24.4 Å². The van der Waals surface area contributed by atoms with Gasteiger partial charge in [0.25, 0.3) is 0 Å². The molecule has 1 N–H and O–H groups in total. The van der Waals surface area contributed by atoms with Gasteiger partial charge in [-0.15, -0.1) is 12.4 Å². The van der Waals surface area contributed by atoms with Crippen molar-refractivity contribution in [3.8, 4) is 0 Å². The molecule has 1 atom stereocenters. The maximum atomic E-state index is 12.6. The van der Waals surface area contributed by atoms with Crippen LogP contribution in [0.3, 0.4) is 0 Å². The summed E-state index contributed by atoms with van der Waals surface area (Å²) in [4.78, 5) is 19.5. The van der Waals surface area contributed by atoms with Gasteiger partial charge in [-0.05, 0) is 38.8 Å². The Hall–Kier alpha value is -0.400. The Morgan fingerprint density at radius 1 is 1.08 bits per heavy atom. The van der Waals surface area contributed by atoms with Crippen LogP contribution in [0.1, 0.15) is 19.8 Å². The van der Waals surface area contributed by atoms with Crippen LogP contribution in [0.2, 0.25) is 0 Å². The van der Waals surface area contributed by atoms with Gasteiger partial charge in [-0.25, -0.2) is 0 Å². The fourth-order valence-electron chi connectivity index (χ4n) is 3.97. The van der Waals surface area contributed by atoms with E-state index in [4.69, 9.17) is 4.74 Å². The molecule has 3 fully saturated rings. The van der Waals surface area contributed by atoms with Gasteiger partial charge >= 0.3 is 0 Å². The summed E-state index contributed by atoms with van der Waals surface area (Å²) in [7, 11) is 0. The van der Waals surface area contributed by atoms with Gasteiger partial charge in [0.05, 0.1) is 19.3 Å². The van der Waals surface area contributed by atoms with E-state index in [0.717, 1.165) is 45.2 Å². The predicted molar refractivity (Wildman–Crippen MR) is 97.7 cm³/mol. The van der Waals surface area contributed by atoms with Gasteiger partial charge in [-0.3, -0.25) is 9.69 Å². The first-order valence-corrected chi connectivity index (χ1v) is 9.27. The van der Waals surface area contributed by atoms with Crippen molar-refractivity contribution in [1.29, 1.82) is 0 Å². The minimum absolute atomic E-state index is 0. The molecular formula is C17H33ClN4O2. The van der Waals surface area contributed by atoms with Crippen molar-refractivity contribution >= 4 is 18.3 Å². The van der Waals surface area contributed by atoms with E-state index in [1.165, 1.54) is 32.5 Å². The molecule has 0 aromatic heterocycles. The lowest BCUT2D eigenvalue weighted by molar-refractivity contribution is -0.141. The molecule has 0 aliphatic carbocycles. The van der Waals surface area contributed by atoms with Gasteiger partial charge in [0.2, 0.25) is 5.91 Å². The minimum atomic E-state index is 0. The van der Waals surface area contributed by atoms with Crippen LogP contribution in [0.5, 0.6) is 0 Å². The highest BCUT2D eigenvalue weighted by molar-refractivity contribution is 5.85. The first-order chi connectivity index (χ1) is 11.2. The van der Waals surface area contributed by atoms with Crippen molar-refractivity contribution in [2.45, 2.75) is 25.8 Å². The van der Waals surface area contributed by atoms with E-state index >= 15 is 0 Å². The largest absolute Gasteiger partial charge is 0.378 e. The molecule has 3 rings (SSSR count). The third kappa shape index (κ3) is 5.30. The summed E-state index contributed by atoms with van der Waals surface area (Å²) in [6.45, 7) is 12.8. The fraction of sp³-hybridized carbons (Fsp3) is 0.941. The smallest absolute Gasteiger partial charge is 0.239 e. The minimum Gasteiger partial charge on any atom is -0.378 e. The third-order valence-electron chi connectivity index (χ3n) is 5.61. The molecule has 0 radical (unpaired) electrons. The molecule has 7 heteroatoms. The zero-order valence-electron chi connectivity index (χ0n) is 14.9. The molecule has 3 saturated heterocycles. The number of nitrogens with zero attached hydrogens (tertiary/aromatic N) is 3. The van der Waals surface area contributed by atoms with E-state index in [2.05, 4.69) is 22.0 Å². The number of ether oxygens (including phenoxy) is 1. The monoisotopic (exact) mass is 360 g/mol. The first kappa shape index (κ1) is 19.9. The fourth-order valence-corrected chi connectivity index (χ4v) is 3.97. The highest BCUT2D eigenvalue weighted by Crippen LogP contribution is 2.16. The lowest BCUT2D eigenvalue weighted by atomic mass is 9.97. The Morgan fingerprint density at radius 3 is 2.33 bits per heavy atom. The number of hydrogen-bond donors (Lipinski definition) is 1. The first-order valence-electron chi connectivity index (χ1n) is 9.27. The van der Waals surface area contributed by atoms with Crippen molar-refractivity contribution in [3.63, 3.8) is 0 Å². The molecule has 0 aromatic carbocycles. The number of nitrogens with one attached hydrogen (secondary N) is 1. The highest BCUT2D eigenvalue weighted by atomic mass is 35.5. The van der Waals surface area contributed by atoms with Gasteiger partial charge in [0.15, 0.2) is 0 Å². The Morgan fingerprint density at radius 2 is 1.71 bits per heavy atom.